The van der Waals surface area contributed by atoms with E-state index in [-0.39, 0.29) is 30.7 Å². The molecule has 1 atom stereocenters. The molecule has 1 aromatic rings. The lowest BCUT2D eigenvalue weighted by Crippen LogP contribution is -2.58. The van der Waals surface area contributed by atoms with Crippen molar-refractivity contribution in [2.75, 3.05) is 31.5 Å². The summed E-state index contributed by atoms with van der Waals surface area (Å²) in [5, 5.41) is 6.33. The van der Waals surface area contributed by atoms with Crippen molar-refractivity contribution in [3.63, 3.8) is 0 Å². The van der Waals surface area contributed by atoms with E-state index in [1.807, 2.05) is 4.90 Å². The van der Waals surface area contributed by atoms with Gasteiger partial charge in [-0.15, -0.1) is 0 Å². The number of hydrogen-bond acceptors (Lipinski definition) is 5. The van der Waals surface area contributed by atoms with Crippen LogP contribution in [0.15, 0.2) is 18.3 Å². The molecule has 0 aromatic carbocycles. The molecular weight excluding hydrogens is 334 g/mol. The van der Waals surface area contributed by atoms with E-state index in [4.69, 9.17) is 0 Å². The molecule has 0 saturated carbocycles. The number of nitrogens with one attached hydrogen (secondary N) is 2. The van der Waals surface area contributed by atoms with E-state index < -0.39 is 5.66 Å². The van der Waals surface area contributed by atoms with Crippen LogP contribution in [0.3, 0.4) is 0 Å². The molecule has 138 valence electrons. The molecule has 0 radical (unpaired) electrons. The SMILES string of the molecule is O=C1N[C@]2(CCC(=O)N(CC(=O)N3CCCC3)CC2)Nc2ncccc21. The van der Waals surface area contributed by atoms with Crippen molar-refractivity contribution in [1.82, 2.24) is 20.1 Å². The molecular formula is C18H23N5O3. The van der Waals surface area contributed by atoms with Gasteiger partial charge in [0.1, 0.15) is 11.5 Å². The van der Waals surface area contributed by atoms with Crippen LogP contribution >= 0.6 is 0 Å². The Bertz CT molecular complexity index is 746. The number of fused-ring (bicyclic) bond motifs is 1. The highest BCUT2D eigenvalue weighted by atomic mass is 16.2. The maximum Gasteiger partial charge on any atom is 0.256 e. The molecule has 0 unspecified atom stereocenters. The van der Waals surface area contributed by atoms with E-state index in [2.05, 4.69) is 15.6 Å². The zero-order valence-corrected chi connectivity index (χ0v) is 14.7. The summed E-state index contributed by atoms with van der Waals surface area (Å²) in [6.45, 7) is 2.11. The highest BCUT2D eigenvalue weighted by Gasteiger charge is 2.41. The van der Waals surface area contributed by atoms with Crippen LogP contribution in [0.4, 0.5) is 5.82 Å². The first kappa shape index (κ1) is 16.8. The van der Waals surface area contributed by atoms with E-state index in [0.29, 0.717) is 30.8 Å². The number of carbonyl (C=O) groups excluding carboxylic acids is 3. The smallest absolute Gasteiger partial charge is 0.256 e. The fourth-order valence-electron chi connectivity index (χ4n) is 3.93. The lowest BCUT2D eigenvalue weighted by molar-refractivity contribution is -0.139. The van der Waals surface area contributed by atoms with Crippen LogP contribution in [0, 0.1) is 0 Å². The molecule has 4 rings (SSSR count). The van der Waals surface area contributed by atoms with Gasteiger partial charge in [-0.1, -0.05) is 0 Å². The minimum Gasteiger partial charge on any atom is -0.347 e. The van der Waals surface area contributed by atoms with E-state index in [1.54, 1.807) is 23.2 Å². The third-order valence-corrected chi connectivity index (χ3v) is 5.47. The highest BCUT2D eigenvalue weighted by molar-refractivity contribution is 6.01. The van der Waals surface area contributed by atoms with Crippen molar-refractivity contribution >= 4 is 23.5 Å². The third kappa shape index (κ3) is 3.11. The minimum absolute atomic E-state index is 0.0134. The van der Waals surface area contributed by atoms with Gasteiger partial charge in [0.15, 0.2) is 0 Å². The molecule has 8 nitrogen and oxygen atoms in total. The molecule has 3 aliphatic rings. The maximum absolute atomic E-state index is 12.5. The Morgan fingerprint density at radius 3 is 2.77 bits per heavy atom. The van der Waals surface area contributed by atoms with Crippen molar-refractivity contribution in [2.45, 2.75) is 37.8 Å². The van der Waals surface area contributed by atoms with Gasteiger partial charge in [-0.2, -0.15) is 0 Å². The Hall–Kier alpha value is -2.64. The van der Waals surface area contributed by atoms with Gasteiger partial charge in [-0.05, 0) is 31.4 Å². The molecule has 4 heterocycles. The van der Waals surface area contributed by atoms with Crippen molar-refractivity contribution in [2.24, 2.45) is 0 Å². The third-order valence-electron chi connectivity index (χ3n) is 5.47. The Morgan fingerprint density at radius 2 is 1.96 bits per heavy atom. The van der Waals surface area contributed by atoms with Gasteiger partial charge >= 0.3 is 0 Å². The molecule has 3 amide bonds. The fraction of sp³-hybridized carbons (Fsp3) is 0.556. The van der Waals surface area contributed by atoms with Crippen LogP contribution in [0.1, 0.15) is 42.5 Å². The topological polar surface area (TPSA) is 94.6 Å². The molecule has 1 spiro atoms. The molecule has 2 saturated heterocycles. The van der Waals surface area contributed by atoms with E-state index in [1.165, 1.54) is 0 Å². The standard InChI is InChI=1S/C18H23N5O3/c24-14-5-6-18(20-16-13(17(26)21-18)4-3-8-19-16)7-11-23(14)12-15(25)22-9-1-2-10-22/h3-4,8H,1-2,5-7,9-12H2,(H,19,20)(H,21,26)/t18-/m0/s1. The lowest BCUT2D eigenvalue weighted by atomic mass is 9.97. The summed E-state index contributed by atoms with van der Waals surface area (Å²) < 4.78 is 0. The number of rotatable bonds is 2. The Morgan fingerprint density at radius 1 is 1.15 bits per heavy atom. The lowest BCUT2D eigenvalue weighted by Gasteiger charge is -2.39. The number of pyridine rings is 1. The molecule has 2 N–H and O–H groups in total. The van der Waals surface area contributed by atoms with Crippen LogP contribution in [0.2, 0.25) is 0 Å². The zero-order chi connectivity index (χ0) is 18.1. The Labute approximate surface area is 151 Å². The van der Waals surface area contributed by atoms with Crippen molar-refractivity contribution in [3.05, 3.63) is 23.9 Å². The van der Waals surface area contributed by atoms with Gasteiger partial charge in [0.25, 0.3) is 5.91 Å². The first-order valence-corrected chi connectivity index (χ1v) is 9.18. The van der Waals surface area contributed by atoms with Crippen molar-refractivity contribution in [3.8, 4) is 0 Å². The van der Waals surface area contributed by atoms with Crippen LogP contribution < -0.4 is 10.6 Å². The predicted octanol–water partition coefficient (Wildman–Crippen LogP) is 0.568. The summed E-state index contributed by atoms with van der Waals surface area (Å²) in [7, 11) is 0. The van der Waals surface area contributed by atoms with Crippen LogP contribution in [0.5, 0.6) is 0 Å². The van der Waals surface area contributed by atoms with E-state index in [9.17, 15) is 14.4 Å². The summed E-state index contributed by atoms with van der Waals surface area (Å²) >= 11 is 0. The van der Waals surface area contributed by atoms with E-state index >= 15 is 0 Å². The fourth-order valence-corrected chi connectivity index (χ4v) is 3.93. The normalized spacial score (nSPS) is 25.5. The summed E-state index contributed by atoms with van der Waals surface area (Å²) in [5.41, 5.74) is -0.186. The van der Waals surface area contributed by atoms with Gasteiger partial charge in [-0.3, -0.25) is 14.4 Å². The monoisotopic (exact) mass is 357 g/mol. The zero-order valence-electron chi connectivity index (χ0n) is 14.7. The second kappa shape index (κ2) is 6.59. The van der Waals surface area contributed by atoms with Crippen LogP contribution in [0.25, 0.3) is 0 Å². The molecule has 1 aromatic heterocycles. The number of aromatic nitrogens is 1. The minimum atomic E-state index is -0.695. The maximum atomic E-state index is 12.5. The Balaban J connectivity index is 1.46. The van der Waals surface area contributed by atoms with Gasteiger partial charge in [0, 0.05) is 38.7 Å². The predicted molar refractivity (Wildman–Crippen MR) is 94.3 cm³/mol. The first-order chi connectivity index (χ1) is 12.6. The molecule has 3 aliphatic heterocycles. The number of nitrogens with zero attached hydrogens (tertiary/aromatic N) is 3. The second-order valence-corrected chi connectivity index (χ2v) is 7.21. The number of hydrogen-bond donors (Lipinski definition) is 2. The summed E-state index contributed by atoms with van der Waals surface area (Å²) in [5.74, 6) is 0.336. The quantitative estimate of drug-likeness (QED) is 0.807. The van der Waals surface area contributed by atoms with Crippen molar-refractivity contribution < 1.29 is 14.4 Å². The number of likely N-dealkylation sites (tertiary alicyclic amines) is 2. The first-order valence-electron chi connectivity index (χ1n) is 9.18. The van der Waals surface area contributed by atoms with E-state index in [0.717, 1.165) is 25.9 Å². The summed E-state index contributed by atoms with van der Waals surface area (Å²) in [4.78, 5) is 45.1. The average Bonchev–Trinajstić information content (AvgIpc) is 3.14. The number of carbonyl (C=O) groups is 3. The van der Waals surface area contributed by atoms with Crippen molar-refractivity contribution in [1.29, 1.82) is 0 Å². The summed E-state index contributed by atoms with van der Waals surface area (Å²) in [6.07, 6.45) is 5.00. The number of amides is 3. The largest absolute Gasteiger partial charge is 0.347 e. The van der Waals surface area contributed by atoms with Gasteiger partial charge in [0.2, 0.25) is 11.8 Å². The van der Waals surface area contributed by atoms with Gasteiger partial charge in [-0.25, -0.2) is 4.98 Å². The molecule has 0 aliphatic carbocycles. The Kier molecular flexibility index (Phi) is 4.26. The summed E-state index contributed by atoms with van der Waals surface area (Å²) in [6, 6.07) is 3.45. The number of anilines is 1. The van der Waals surface area contributed by atoms with Crippen LogP contribution in [-0.4, -0.2) is 64.3 Å². The highest BCUT2D eigenvalue weighted by Crippen LogP contribution is 2.30. The second-order valence-electron chi connectivity index (χ2n) is 7.21. The average molecular weight is 357 g/mol. The van der Waals surface area contributed by atoms with Gasteiger partial charge < -0.3 is 20.4 Å². The molecule has 26 heavy (non-hydrogen) atoms. The van der Waals surface area contributed by atoms with Gasteiger partial charge in [0.05, 0.1) is 12.1 Å². The molecule has 0 bridgehead atoms. The molecule has 8 heteroatoms. The molecule has 2 fully saturated rings. The van der Waals surface area contributed by atoms with Crippen LogP contribution in [-0.2, 0) is 9.59 Å².